The smallest absolute Gasteiger partial charge is 0.104 e. The van der Waals surface area contributed by atoms with Crippen LogP contribution < -0.4 is 5.32 Å². The molecule has 0 aliphatic heterocycles. The van der Waals surface area contributed by atoms with Crippen LogP contribution in [0.2, 0.25) is 19.6 Å². The molecule has 0 saturated heterocycles. The van der Waals surface area contributed by atoms with Crippen molar-refractivity contribution in [1.29, 1.82) is 0 Å². The summed E-state index contributed by atoms with van der Waals surface area (Å²) >= 11 is 0. The summed E-state index contributed by atoms with van der Waals surface area (Å²) in [5.41, 5.74) is 3.61. The fourth-order valence-electron chi connectivity index (χ4n) is 2.50. The lowest BCUT2D eigenvalue weighted by Gasteiger charge is -2.12. The van der Waals surface area contributed by atoms with Crippen LogP contribution >= 0.6 is 0 Å². The molecular formula is C17H20N2Si. The second-order valence-corrected chi connectivity index (χ2v) is 11.3. The molecule has 3 heteroatoms. The van der Waals surface area contributed by atoms with Crippen LogP contribution in [0.4, 0.5) is 0 Å². The summed E-state index contributed by atoms with van der Waals surface area (Å²) in [5.74, 6) is 0. The van der Waals surface area contributed by atoms with Crippen molar-refractivity contribution in [3.05, 3.63) is 54.1 Å². The Hall–Kier alpha value is -1.87. The number of aromatic nitrogens is 2. The van der Waals surface area contributed by atoms with Crippen molar-refractivity contribution in [2.45, 2.75) is 26.6 Å². The van der Waals surface area contributed by atoms with E-state index in [1.165, 1.54) is 21.8 Å². The van der Waals surface area contributed by atoms with Gasteiger partial charge in [-0.3, -0.25) is 0 Å². The number of fused-ring (bicyclic) bond motifs is 1. The average Bonchev–Trinajstić information content (AvgIpc) is 2.79. The monoisotopic (exact) mass is 280 g/mol. The first-order chi connectivity index (χ1) is 9.47. The minimum atomic E-state index is -1.45. The Morgan fingerprint density at radius 3 is 2.20 bits per heavy atom. The standard InChI is InChI=1S/C17H20N2Si/c1-13-9-11-14(12-10-13)19-16-8-6-5-7-15(16)17(18-19)20(2,3)4/h5-12H,1-4H3. The molecule has 0 bridgehead atoms. The predicted octanol–water partition coefficient (Wildman–Crippen LogP) is 3.88. The Labute approximate surface area is 121 Å². The number of hydrogen-bond donors (Lipinski definition) is 0. The van der Waals surface area contributed by atoms with E-state index in [1.54, 1.807) is 0 Å². The molecule has 0 unspecified atom stereocenters. The van der Waals surface area contributed by atoms with Crippen LogP contribution in [0.1, 0.15) is 5.56 Å². The van der Waals surface area contributed by atoms with E-state index in [9.17, 15) is 0 Å². The average molecular weight is 280 g/mol. The zero-order valence-electron chi connectivity index (χ0n) is 12.5. The van der Waals surface area contributed by atoms with E-state index in [1.807, 2.05) is 0 Å². The minimum Gasteiger partial charge on any atom is -0.233 e. The Morgan fingerprint density at radius 1 is 0.900 bits per heavy atom. The topological polar surface area (TPSA) is 17.8 Å². The predicted molar refractivity (Wildman–Crippen MR) is 88.8 cm³/mol. The quantitative estimate of drug-likeness (QED) is 0.651. The van der Waals surface area contributed by atoms with Gasteiger partial charge in [0, 0.05) is 5.39 Å². The van der Waals surface area contributed by atoms with Gasteiger partial charge in [-0.2, -0.15) is 5.10 Å². The van der Waals surface area contributed by atoms with Crippen molar-refractivity contribution < 1.29 is 0 Å². The van der Waals surface area contributed by atoms with Gasteiger partial charge in [0.1, 0.15) is 8.07 Å². The maximum Gasteiger partial charge on any atom is 0.104 e. The van der Waals surface area contributed by atoms with Crippen LogP contribution in [0.5, 0.6) is 0 Å². The van der Waals surface area contributed by atoms with E-state index < -0.39 is 8.07 Å². The first kappa shape index (κ1) is 13.1. The fraction of sp³-hybridized carbons (Fsp3) is 0.235. The van der Waals surface area contributed by atoms with Crippen molar-refractivity contribution in [3.63, 3.8) is 0 Å². The molecular weight excluding hydrogens is 260 g/mol. The summed E-state index contributed by atoms with van der Waals surface area (Å²) in [7, 11) is -1.45. The largest absolute Gasteiger partial charge is 0.233 e. The molecule has 2 aromatic carbocycles. The second kappa shape index (κ2) is 4.60. The first-order valence-corrected chi connectivity index (χ1v) is 10.5. The highest BCUT2D eigenvalue weighted by Crippen LogP contribution is 2.19. The Morgan fingerprint density at radius 2 is 1.55 bits per heavy atom. The van der Waals surface area contributed by atoms with E-state index >= 15 is 0 Å². The summed E-state index contributed by atoms with van der Waals surface area (Å²) in [5, 5.41) is 7.52. The highest BCUT2D eigenvalue weighted by molar-refractivity contribution is 6.89. The molecule has 0 aliphatic rings. The van der Waals surface area contributed by atoms with Crippen molar-refractivity contribution in [2.75, 3.05) is 0 Å². The molecule has 0 atom stereocenters. The number of benzene rings is 2. The zero-order valence-corrected chi connectivity index (χ0v) is 13.5. The third-order valence-electron chi connectivity index (χ3n) is 3.58. The van der Waals surface area contributed by atoms with Gasteiger partial charge in [-0.05, 0) is 25.1 Å². The molecule has 102 valence electrons. The van der Waals surface area contributed by atoms with Crippen molar-refractivity contribution in [2.24, 2.45) is 0 Å². The summed E-state index contributed by atoms with van der Waals surface area (Å²) in [6, 6.07) is 17.1. The highest BCUT2D eigenvalue weighted by Gasteiger charge is 2.24. The molecule has 0 fully saturated rings. The SMILES string of the molecule is Cc1ccc(-n2nc([Si](C)(C)C)c3ccccc32)cc1. The number of aryl methyl sites for hydroxylation is 1. The Balaban J connectivity index is 2.29. The van der Waals surface area contributed by atoms with Crippen LogP contribution in [0.25, 0.3) is 16.6 Å². The number of hydrogen-bond acceptors (Lipinski definition) is 1. The van der Waals surface area contributed by atoms with E-state index in [-0.39, 0.29) is 0 Å². The molecule has 1 aromatic heterocycles. The molecule has 0 saturated carbocycles. The van der Waals surface area contributed by atoms with E-state index in [0.29, 0.717) is 0 Å². The van der Waals surface area contributed by atoms with Gasteiger partial charge >= 0.3 is 0 Å². The lowest BCUT2D eigenvalue weighted by Crippen LogP contribution is -2.39. The molecule has 20 heavy (non-hydrogen) atoms. The maximum absolute atomic E-state index is 4.94. The highest BCUT2D eigenvalue weighted by atomic mass is 28.3. The van der Waals surface area contributed by atoms with E-state index in [0.717, 1.165) is 5.69 Å². The van der Waals surface area contributed by atoms with Crippen molar-refractivity contribution in [1.82, 2.24) is 9.78 Å². The molecule has 3 aromatic rings. The van der Waals surface area contributed by atoms with Crippen LogP contribution in [-0.2, 0) is 0 Å². The molecule has 0 N–H and O–H groups in total. The van der Waals surface area contributed by atoms with Crippen LogP contribution in [-0.4, -0.2) is 17.9 Å². The van der Waals surface area contributed by atoms with Crippen molar-refractivity contribution in [3.8, 4) is 5.69 Å². The summed E-state index contributed by atoms with van der Waals surface area (Å²) in [4.78, 5) is 0. The maximum atomic E-state index is 4.94. The molecule has 0 aliphatic carbocycles. The van der Waals surface area contributed by atoms with Gasteiger partial charge in [0.2, 0.25) is 0 Å². The van der Waals surface area contributed by atoms with E-state index in [4.69, 9.17) is 5.10 Å². The normalized spacial score (nSPS) is 12.0. The molecule has 0 spiro atoms. The molecule has 0 amide bonds. The van der Waals surface area contributed by atoms with E-state index in [2.05, 4.69) is 79.8 Å². The first-order valence-electron chi connectivity index (χ1n) is 7.02. The third kappa shape index (κ3) is 2.18. The Kier molecular flexibility index (Phi) is 3.02. The summed E-state index contributed by atoms with van der Waals surface area (Å²) in [6.07, 6.45) is 0. The number of nitrogens with zero attached hydrogens (tertiary/aromatic N) is 2. The zero-order chi connectivity index (χ0) is 14.3. The van der Waals surface area contributed by atoms with Gasteiger partial charge in [-0.15, -0.1) is 0 Å². The van der Waals surface area contributed by atoms with Crippen LogP contribution in [0, 0.1) is 6.92 Å². The van der Waals surface area contributed by atoms with Crippen LogP contribution in [0.15, 0.2) is 48.5 Å². The molecule has 2 nitrogen and oxygen atoms in total. The third-order valence-corrected chi connectivity index (χ3v) is 5.37. The molecule has 1 heterocycles. The lowest BCUT2D eigenvalue weighted by atomic mass is 10.2. The van der Waals surface area contributed by atoms with Gasteiger partial charge in [-0.1, -0.05) is 55.5 Å². The van der Waals surface area contributed by atoms with Gasteiger partial charge in [0.15, 0.2) is 0 Å². The summed E-state index contributed by atoms with van der Waals surface area (Å²) < 4.78 is 2.09. The van der Waals surface area contributed by atoms with Gasteiger partial charge in [-0.25, -0.2) is 4.68 Å². The van der Waals surface area contributed by atoms with Crippen molar-refractivity contribution >= 4 is 24.3 Å². The van der Waals surface area contributed by atoms with Gasteiger partial charge in [0.05, 0.1) is 16.5 Å². The second-order valence-electron chi connectivity index (χ2n) is 6.36. The molecule has 3 rings (SSSR count). The van der Waals surface area contributed by atoms with Gasteiger partial charge < -0.3 is 0 Å². The Bertz CT molecular complexity index is 749. The molecule has 0 radical (unpaired) electrons. The number of para-hydroxylation sites is 1. The van der Waals surface area contributed by atoms with Crippen LogP contribution in [0.3, 0.4) is 0 Å². The van der Waals surface area contributed by atoms with Gasteiger partial charge in [0.25, 0.3) is 0 Å². The lowest BCUT2D eigenvalue weighted by molar-refractivity contribution is 0.921. The fourth-order valence-corrected chi connectivity index (χ4v) is 3.92. The summed E-state index contributed by atoms with van der Waals surface area (Å²) in [6.45, 7) is 9.15. The number of rotatable bonds is 2. The minimum absolute atomic E-state index is 1.14.